The van der Waals surface area contributed by atoms with E-state index in [9.17, 15) is 9.50 Å². The summed E-state index contributed by atoms with van der Waals surface area (Å²) in [7, 11) is 0. The fraction of sp³-hybridized carbons (Fsp3) is 0.304. The van der Waals surface area contributed by atoms with Gasteiger partial charge in [-0.3, -0.25) is 4.68 Å². The van der Waals surface area contributed by atoms with Crippen molar-refractivity contribution in [2.45, 2.75) is 45.9 Å². The van der Waals surface area contributed by atoms with Crippen molar-refractivity contribution in [1.82, 2.24) is 14.8 Å². The molecule has 3 aromatic rings. The quantitative estimate of drug-likeness (QED) is 0.625. The number of aliphatic hydroxyl groups is 1. The molecule has 0 amide bonds. The summed E-state index contributed by atoms with van der Waals surface area (Å²) in [6.07, 6.45) is 5.32. The van der Waals surface area contributed by atoms with Crippen LogP contribution in [0.4, 0.5) is 10.2 Å². The van der Waals surface area contributed by atoms with Crippen LogP contribution in [0.2, 0.25) is 0 Å². The maximum atomic E-state index is 14.2. The number of halogens is 1. The third-order valence-electron chi connectivity index (χ3n) is 4.29. The van der Waals surface area contributed by atoms with Crippen LogP contribution < -0.4 is 10.5 Å². The molecule has 2 aromatic heterocycles. The number of anilines is 1. The topological polar surface area (TPSA) is 86.2 Å². The van der Waals surface area contributed by atoms with Crippen molar-refractivity contribution >= 4 is 5.82 Å². The molecule has 6 nitrogen and oxygen atoms in total. The molecule has 0 aliphatic heterocycles. The Labute approximate surface area is 175 Å². The zero-order valence-corrected chi connectivity index (χ0v) is 17.5. The normalized spacial score (nSPS) is 11.3. The van der Waals surface area contributed by atoms with E-state index in [-0.39, 0.29) is 18.5 Å². The molecular formula is C23H25FN4O2. The van der Waals surface area contributed by atoms with Crippen molar-refractivity contribution in [3.8, 4) is 28.7 Å². The van der Waals surface area contributed by atoms with Crippen LogP contribution in [0.5, 0.6) is 5.75 Å². The average molecular weight is 408 g/mol. The maximum Gasteiger partial charge on any atom is 0.166 e. The Balaban J connectivity index is 1.81. The standard InChI is InChI=1S/C23H25FN4O2/c1-15(2)28-13-19(12-27-28)17-10-21(22(25)26-11-17)30-14-18-9-16(5-6-20(18)24)7-8-23(3,4)29/h5-6,9-13,15,29H,14H2,1-4H3,(H2,25,26). The van der Waals surface area contributed by atoms with Gasteiger partial charge in [0.15, 0.2) is 11.6 Å². The van der Waals surface area contributed by atoms with Gasteiger partial charge < -0.3 is 15.6 Å². The number of pyridine rings is 1. The molecule has 2 heterocycles. The van der Waals surface area contributed by atoms with Crippen LogP contribution >= 0.6 is 0 Å². The Hall–Kier alpha value is -3.37. The van der Waals surface area contributed by atoms with Gasteiger partial charge in [-0.25, -0.2) is 9.37 Å². The summed E-state index contributed by atoms with van der Waals surface area (Å²) >= 11 is 0. The first-order valence-corrected chi connectivity index (χ1v) is 9.59. The van der Waals surface area contributed by atoms with E-state index in [4.69, 9.17) is 10.5 Å². The van der Waals surface area contributed by atoms with Gasteiger partial charge in [0.1, 0.15) is 18.0 Å². The Morgan fingerprint density at radius 1 is 1.23 bits per heavy atom. The first-order chi connectivity index (χ1) is 14.1. The molecule has 30 heavy (non-hydrogen) atoms. The Morgan fingerprint density at radius 2 is 2.00 bits per heavy atom. The third kappa shape index (κ3) is 5.37. The molecule has 0 atom stereocenters. The summed E-state index contributed by atoms with van der Waals surface area (Å²) in [5.41, 5.74) is 7.42. The second-order valence-corrected chi connectivity index (χ2v) is 7.81. The van der Waals surface area contributed by atoms with Crippen LogP contribution in [0.3, 0.4) is 0 Å². The lowest BCUT2D eigenvalue weighted by atomic mass is 10.1. The van der Waals surface area contributed by atoms with Crippen LogP contribution in [0, 0.1) is 17.7 Å². The minimum atomic E-state index is -1.13. The van der Waals surface area contributed by atoms with E-state index in [1.54, 1.807) is 44.4 Å². The Kier molecular flexibility index (Phi) is 6.09. The van der Waals surface area contributed by atoms with Crippen LogP contribution in [-0.2, 0) is 6.61 Å². The lowest BCUT2D eigenvalue weighted by Crippen LogP contribution is -2.14. The predicted octanol–water partition coefficient (Wildman–Crippen LogP) is 3.95. The first-order valence-electron chi connectivity index (χ1n) is 9.59. The van der Waals surface area contributed by atoms with E-state index in [1.807, 2.05) is 24.7 Å². The molecule has 156 valence electrons. The summed E-state index contributed by atoms with van der Waals surface area (Å²) in [6.45, 7) is 7.22. The van der Waals surface area contributed by atoms with Gasteiger partial charge in [0, 0.05) is 40.7 Å². The van der Waals surface area contributed by atoms with Crippen LogP contribution in [0.1, 0.15) is 44.9 Å². The molecule has 0 radical (unpaired) electrons. The highest BCUT2D eigenvalue weighted by molar-refractivity contribution is 5.65. The molecule has 7 heteroatoms. The molecule has 0 unspecified atom stereocenters. The molecule has 1 aromatic carbocycles. The first kappa shape index (κ1) is 21.3. The fourth-order valence-corrected chi connectivity index (χ4v) is 2.64. The van der Waals surface area contributed by atoms with Gasteiger partial charge in [0.05, 0.1) is 6.20 Å². The lowest BCUT2D eigenvalue weighted by molar-refractivity contribution is 0.143. The molecule has 3 N–H and O–H groups in total. The zero-order chi connectivity index (χ0) is 21.9. The van der Waals surface area contributed by atoms with E-state index >= 15 is 0 Å². The summed E-state index contributed by atoms with van der Waals surface area (Å²) in [6, 6.07) is 6.48. The third-order valence-corrected chi connectivity index (χ3v) is 4.29. The van der Waals surface area contributed by atoms with E-state index in [0.29, 0.717) is 16.9 Å². The molecule has 0 bridgehead atoms. The predicted molar refractivity (Wildman–Crippen MR) is 114 cm³/mol. The van der Waals surface area contributed by atoms with E-state index in [0.717, 1.165) is 11.1 Å². The van der Waals surface area contributed by atoms with Crippen LogP contribution in [-0.4, -0.2) is 25.5 Å². The van der Waals surface area contributed by atoms with Crippen LogP contribution in [0.15, 0.2) is 42.9 Å². The number of aromatic nitrogens is 3. The summed E-state index contributed by atoms with van der Waals surface area (Å²) in [4.78, 5) is 4.19. The van der Waals surface area contributed by atoms with Crippen molar-refractivity contribution in [3.05, 3.63) is 59.8 Å². The number of nitrogens with two attached hydrogens (primary N) is 1. The van der Waals surface area contributed by atoms with Crippen molar-refractivity contribution in [3.63, 3.8) is 0 Å². The molecule has 0 saturated carbocycles. The van der Waals surface area contributed by atoms with Gasteiger partial charge >= 0.3 is 0 Å². The second kappa shape index (κ2) is 8.56. The van der Waals surface area contributed by atoms with E-state index in [2.05, 4.69) is 21.9 Å². The number of hydrogen-bond donors (Lipinski definition) is 2. The molecule has 0 aliphatic rings. The molecule has 3 rings (SSSR count). The Morgan fingerprint density at radius 3 is 2.67 bits per heavy atom. The number of nitrogens with zero attached hydrogens (tertiary/aromatic N) is 3. The number of nitrogen functional groups attached to an aromatic ring is 1. The van der Waals surface area contributed by atoms with Crippen molar-refractivity contribution in [2.75, 3.05) is 5.73 Å². The Bertz CT molecular complexity index is 1100. The lowest BCUT2D eigenvalue weighted by Gasteiger charge is -2.11. The van der Waals surface area contributed by atoms with Crippen molar-refractivity contribution in [1.29, 1.82) is 0 Å². The average Bonchev–Trinajstić information content (AvgIpc) is 3.17. The highest BCUT2D eigenvalue weighted by atomic mass is 19.1. The van der Waals surface area contributed by atoms with Crippen molar-refractivity contribution in [2.24, 2.45) is 0 Å². The molecule has 0 saturated heterocycles. The van der Waals surface area contributed by atoms with Gasteiger partial charge in [-0.1, -0.05) is 11.8 Å². The van der Waals surface area contributed by atoms with Gasteiger partial charge in [-0.05, 0) is 52.0 Å². The van der Waals surface area contributed by atoms with Crippen molar-refractivity contribution < 1.29 is 14.2 Å². The smallest absolute Gasteiger partial charge is 0.166 e. The van der Waals surface area contributed by atoms with E-state index in [1.165, 1.54) is 6.07 Å². The summed E-state index contributed by atoms with van der Waals surface area (Å²) in [5.74, 6) is 5.71. The highest BCUT2D eigenvalue weighted by Crippen LogP contribution is 2.28. The summed E-state index contributed by atoms with van der Waals surface area (Å²) < 4.78 is 21.9. The monoisotopic (exact) mass is 408 g/mol. The summed E-state index contributed by atoms with van der Waals surface area (Å²) in [5, 5.41) is 14.1. The molecule has 0 spiro atoms. The highest BCUT2D eigenvalue weighted by Gasteiger charge is 2.11. The number of rotatable bonds is 5. The fourth-order valence-electron chi connectivity index (χ4n) is 2.64. The SMILES string of the molecule is CC(C)n1cc(-c2cnc(N)c(OCc3cc(C#CC(C)(C)O)ccc3F)c2)cn1. The largest absolute Gasteiger partial charge is 0.485 e. The number of benzene rings is 1. The zero-order valence-electron chi connectivity index (χ0n) is 17.5. The minimum Gasteiger partial charge on any atom is -0.485 e. The van der Waals surface area contributed by atoms with Gasteiger partial charge in [0.25, 0.3) is 0 Å². The molecule has 0 fully saturated rings. The minimum absolute atomic E-state index is 0.0372. The second-order valence-electron chi connectivity index (χ2n) is 7.81. The van der Waals surface area contributed by atoms with Gasteiger partial charge in [-0.15, -0.1) is 0 Å². The van der Waals surface area contributed by atoms with Gasteiger partial charge in [-0.2, -0.15) is 5.10 Å². The molecule has 0 aliphatic carbocycles. The number of hydrogen-bond acceptors (Lipinski definition) is 5. The van der Waals surface area contributed by atoms with Crippen LogP contribution in [0.25, 0.3) is 11.1 Å². The maximum absolute atomic E-state index is 14.2. The molecular weight excluding hydrogens is 383 g/mol. The van der Waals surface area contributed by atoms with Gasteiger partial charge in [0.2, 0.25) is 0 Å². The number of ether oxygens (including phenoxy) is 1. The van der Waals surface area contributed by atoms with E-state index < -0.39 is 11.4 Å².